The van der Waals surface area contributed by atoms with Gasteiger partial charge >= 0.3 is 0 Å². The Morgan fingerprint density at radius 1 is 1.15 bits per heavy atom. The molecule has 2 saturated heterocycles. The summed E-state index contributed by atoms with van der Waals surface area (Å²) in [5, 5.41) is 19.7. The number of hydroxylamine groups is 1. The van der Waals surface area contributed by atoms with Gasteiger partial charge in [-0.25, -0.2) is 9.82 Å². The van der Waals surface area contributed by atoms with E-state index in [1.54, 1.807) is 0 Å². The second-order valence-electron chi connectivity index (χ2n) is 9.95. The predicted molar refractivity (Wildman–Crippen MR) is 119 cm³/mol. The number of hydrogen-bond donors (Lipinski definition) is 7. The molecular formula is C22H39FN6O4. The summed E-state index contributed by atoms with van der Waals surface area (Å²) in [5.41, 5.74) is 8.74. The van der Waals surface area contributed by atoms with Gasteiger partial charge in [0.1, 0.15) is 12.4 Å². The minimum absolute atomic E-state index is 0.000370. The first-order chi connectivity index (χ1) is 16.0. The van der Waals surface area contributed by atoms with Gasteiger partial charge in [-0.1, -0.05) is 12.8 Å². The quantitative estimate of drug-likeness (QED) is 0.248. The number of halogens is 1. The molecule has 4 aliphatic rings. The molecule has 0 radical (unpaired) electrons. The van der Waals surface area contributed by atoms with Gasteiger partial charge in [0, 0.05) is 31.3 Å². The van der Waals surface area contributed by atoms with Crippen molar-refractivity contribution >= 4 is 11.8 Å². The Morgan fingerprint density at radius 2 is 1.94 bits per heavy atom. The number of nitrogens with one attached hydrogen (secondary N) is 6. The van der Waals surface area contributed by atoms with Crippen LogP contribution in [0.4, 0.5) is 4.39 Å². The van der Waals surface area contributed by atoms with Crippen LogP contribution in [0.2, 0.25) is 0 Å². The second-order valence-corrected chi connectivity index (χ2v) is 9.95. The van der Waals surface area contributed by atoms with Gasteiger partial charge in [0.05, 0.1) is 18.4 Å². The number of aliphatic hydroxyl groups excluding tert-OH is 1. The van der Waals surface area contributed by atoms with Gasteiger partial charge in [0.15, 0.2) is 0 Å². The molecule has 188 valence electrons. The van der Waals surface area contributed by atoms with E-state index in [9.17, 15) is 19.1 Å². The number of hydrogen-bond acceptors (Lipinski definition) is 8. The van der Waals surface area contributed by atoms with Crippen LogP contribution in [-0.2, 0) is 14.4 Å². The number of carbonyl (C=O) groups excluding carboxylic acids is 2. The Balaban J connectivity index is 1.08. The molecule has 11 heteroatoms. The Hall–Kier alpha value is -1.37. The molecule has 6 unspecified atom stereocenters. The lowest BCUT2D eigenvalue weighted by Crippen LogP contribution is -2.65. The van der Waals surface area contributed by atoms with E-state index in [0.717, 1.165) is 38.5 Å². The summed E-state index contributed by atoms with van der Waals surface area (Å²) in [4.78, 5) is 29.8. The van der Waals surface area contributed by atoms with E-state index in [0.29, 0.717) is 31.7 Å². The number of aliphatic hydroxyl groups is 1. The average Bonchev–Trinajstić information content (AvgIpc) is 3.31. The monoisotopic (exact) mass is 470 g/mol. The van der Waals surface area contributed by atoms with E-state index >= 15 is 0 Å². The van der Waals surface area contributed by atoms with E-state index < -0.39 is 12.3 Å². The number of carbonyl (C=O) groups is 2. The van der Waals surface area contributed by atoms with E-state index in [-0.39, 0.29) is 55.2 Å². The molecule has 0 spiro atoms. The maximum atomic E-state index is 13.3. The highest BCUT2D eigenvalue weighted by atomic mass is 19.1. The Kier molecular flexibility index (Phi) is 8.89. The summed E-state index contributed by atoms with van der Waals surface area (Å²) in [6.45, 7) is 0.475. The zero-order valence-electron chi connectivity index (χ0n) is 19.2. The van der Waals surface area contributed by atoms with Gasteiger partial charge in [0.25, 0.3) is 0 Å². The Bertz CT molecular complexity index is 665. The molecule has 0 aromatic rings. The summed E-state index contributed by atoms with van der Waals surface area (Å²) < 4.78 is 13.3. The van der Waals surface area contributed by atoms with Crippen LogP contribution in [0.15, 0.2) is 0 Å². The molecule has 10 nitrogen and oxygen atoms in total. The van der Waals surface area contributed by atoms with Crippen molar-refractivity contribution in [3.8, 4) is 0 Å². The maximum Gasteiger partial charge on any atom is 0.237 e. The minimum atomic E-state index is -0.729. The largest absolute Gasteiger partial charge is 0.390 e. The van der Waals surface area contributed by atoms with Gasteiger partial charge < -0.3 is 10.4 Å². The van der Waals surface area contributed by atoms with Crippen molar-refractivity contribution in [3.63, 3.8) is 0 Å². The number of amides is 2. The molecule has 0 aromatic heterocycles. The fourth-order valence-electron chi connectivity index (χ4n) is 5.56. The summed E-state index contributed by atoms with van der Waals surface area (Å²) >= 11 is 0. The van der Waals surface area contributed by atoms with Crippen molar-refractivity contribution in [2.24, 2.45) is 17.8 Å². The molecule has 0 aromatic carbocycles. The lowest BCUT2D eigenvalue weighted by Gasteiger charge is -2.41. The fraction of sp³-hybridized carbons (Fsp3) is 0.909. The summed E-state index contributed by atoms with van der Waals surface area (Å²) in [5.74, 6) is 0.497. The molecule has 2 heterocycles. The number of rotatable bonds is 9. The predicted octanol–water partition coefficient (Wildman–Crippen LogP) is -0.0949. The third kappa shape index (κ3) is 6.83. The molecule has 4 fully saturated rings. The van der Waals surface area contributed by atoms with Gasteiger partial charge in [-0.3, -0.25) is 30.5 Å². The fourth-order valence-corrected chi connectivity index (χ4v) is 5.56. The SMILES string of the molecule is O=C(CCC1NC(C2CCC(F)CC2)NO1)NCC(O)CNC1NNC(=O)C2CCCCC12. The third-order valence-corrected chi connectivity index (χ3v) is 7.55. The van der Waals surface area contributed by atoms with E-state index in [4.69, 9.17) is 4.84 Å². The van der Waals surface area contributed by atoms with Gasteiger partial charge in [-0.15, -0.1) is 0 Å². The lowest BCUT2D eigenvalue weighted by atomic mass is 9.76. The van der Waals surface area contributed by atoms with Gasteiger partial charge in [0.2, 0.25) is 11.8 Å². The van der Waals surface area contributed by atoms with Crippen molar-refractivity contribution in [2.45, 2.75) is 95.0 Å². The van der Waals surface area contributed by atoms with Crippen LogP contribution < -0.4 is 32.3 Å². The number of hydrazine groups is 1. The molecule has 2 saturated carbocycles. The molecular weight excluding hydrogens is 431 g/mol. The van der Waals surface area contributed by atoms with Crippen molar-refractivity contribution in [3.05, 3.63) is 0 Å². The zero-order valence-corrected chi connectivity index (χ0v) is 19.2. The zero-order chi connectivity index (χ0) is 23.2. The van der Waals surface area contributed by atoms with Crippen LogP contribution in [0.3, 0.4) is 0 Å². The molecule has 4 rings (SSSR count). The minimum Gasteiger partial charge on any atom is -0.390 e. The lowest BCUT2D eigenvalue weighted by molar-refractivity contribution is -0.134. The molecule has 2 aliphatic carbocycles. The van der Waals surface area contributed by atoms with E-state index in [1.165, 1.54) is 0 Å². The van der Waals surface area contributed by atoms with Crippen LogP contribution in [0.5, 0.6) is 0 Å². The Morgan fingerprint density at radius 3 is 2.76 bits per heavy atom. The van der Waals surface area contributed by atoms with Crippen molar-refractivity contribution < 1.29 is 23.9 Å². The van der Waals surface area contributed by atoms with Crippen molar-refractivity contribution in [1.82, 2.24) is 32.3 Å². The first kappa shape index (κ1) is 24.7. The standard InChI is InChI=1S/C22H39FN6O4/c23-14-7-5-13(6-8-14)20-26-19(33-29-20)10-9-18(31)24-11-15(30)12-25-21-16-3-1-2-4-17(16)22(32)28-27-21/h13-17,19-21,25-27,29-30H,1-12H2,(H,24,31)(H,28,32). The Labute approximate surface area is 194 Å². The molecule has 6 atom stereocenters. The van der Waals surface area contributed by atoms with E-state index in [1.807, 2.05) is 0 Å². The molecule has 0 bridgehead atoms. The number of alkyl halides is 1. The van der Waals surface area contributed by atoms with Crippen LogP contribution in [0.1, 0.15) is 64.2 Å². The smallest absolute Gasteiger partial charge is 0.237 e. The highest BCUT2D eigenvalue weighted by molar-refractivity contribution is 5.79. The summed E-state index contributed by atoms with van der Waals surface area (Å²) in [7, 11) is 0. The van der Waals surface area contributed by atoms with Crippen LogP contribution in [0.25, 0.3) is 0 Å². The normalized spacial score (nSPS) is 37.8. The topological polar surface area (TPSA) is 136 Å². The second kappa shape index (κ2) is 11.9. The van der Waals surface area contributed by atoms with Gasteiger partial charge in [-0.2, -0.15) is 5.48 Å². The molecule has 33 heavy (non-hydrogen) atoms. The first-order valence-corrected chi connectivity index (χ1v) is 12.5. The first-order valence-electron chi connectivity index (χ1n) is 12.5. The van der Waals surface area contributed by atoms with Crippen molar-refractivity contribution in [1.29, 1.82) is 0 Å². The third-order valence-electron chi connectivity index (χ3n) is 7.55. The van der Waals surface area contributed by atoms with Crippen LogP contribution in [0, 0.1) is 17.8 Å². The molecule has 2 amide bonds. The summed E-state index contributed by atoms with van der Waals surface area (Å²) in [6, 6.07) is 0. The molecule has 2 aliphatic heterocycles. The van der Waals surface area contributed by atoms with E-state index in [2.05, 4.69) is 32.3 Å². The average molecular weight is 471 g/mol. The highest BCUT2D eigenvalue weighted by Crippen LogP contribution is 2.33. The molecule has 7 N–H and O–H groups in total. The maximum absolute atomic E-state index is 13.3. The van der Waals surface area contributed by atoms with Crippen molar-refractivity contribution in [2.75, 3.05) is 13.1 Å². The van der Waals surface area contributed by atoms with Gasteiger partial charge in [-0.05, 0) is 50.9 Å². The highest BCUT2D eigenvalue weighted by Gasteiger charge is 2.40. The number of fused-ring (bicyclic) bond motifs is 1. The van der Waals surface area contributed by atoms with Crippen LogP contribution in [-0.4, -0.2) is 60.8 Å². The van der Waals surface area contributed by atoms with Crippen LogP contribution >= 0.6 is 0 Å². The summed E-state index contributed by atoms with van der Waals surface area (Å²) in [6.07, 6.45) is 5.99.